The number of nitrogens with one attached hydrogen (secondary N) is 2. The molecule has 1 atom stereocenters. The molecule has 3 amide bonds. The highest BCUT2D eigenvalue weighted by Crippen LogP contribution is 2.21. The molecule has 10 nitrogen and oxygen atoms in total. The van der Waals surface area contributed by atoms with E-state index >= 15 is 0 Å². The van der Waals surface area contributed by atoms with Crippen LogP contribution < -0.4 is 5.32 Å². The van der Waals surface area contributed by atoms with Crippen molar-refractivity contribution in [2.75, 3.05) is 13.2 Å². The van der Waals surface area contributed by atoms with Crippen molar-refractivity contribution in [2.45, 2.75) is 40.3 Å². The van der Waals surface area contributed by atoms with E-state index in [1.165, 1.54) is 19.1 Å². The first kappa shape index (κ1) is 23.7. The van der Waals surface area contributed by atoms with Crippen molar-refractivity contribution in [2.24, 2.45) is 0 Å². The van der Waals surface area contributed by atoms with Crippen LogP contribution in [0.5, 0.6) is 0 Å². The number of hydrogen-bond acceptors (Lipinski definition) is 7. The zero-order valence-electron chi connectivity index (χ0n) is 18.8. The van der Waals surface area contributed by atoms with Crippen LogP contribution in [0, 0.1) is 13.8 Å². The molecule has 2 aromatic rings. The predicted molar refractivity (Wildman–Crippen MR) is 116 cm³/mol. The number of aromatic nitrogens is 1. The smallest absolute Gasteiger partial charge is 0.340 e. The first-order valence-corrected chi connectivity index (χ1v) is 10.4. The van der Waals surface area contributed by atoms with Crippen molar-refractivity contribution in [1.29, 1.82) is 0 Å². The normalized spacial score (nSPS) is 14.1. The number of nitrogens with zero attached hydrogens (tertiary/aromatic N) is 1. The fourth-order valence-electron chi connectivity index (χ4n) is 3.54. The van der Waals surface area contributed by atoms with E-state index in [1.807, 2.05) is 0 Å². The number of imide groups is 1. The number of benzene rings is 1. The van der Waals surface area contributed by atoms with Crippen molar-refractivity contribution in [3.63, 3.8) is 0 Å². The first-order chi connectivity index (χ1) is 15.6. The summed E-state index contributed by atoms with van der Waals surface area (Å²) in [4.78, 5) is 64.8. The van der Waals surface area contributed by atoms with Gasteiger partial charge in [0.2, 0.25) is 11.7 Å². The number of aromatic amines is 1. The van der Waals surface area contributed by atoms with Crippen molar-refractivity contribution >= 4 is 29.7 Å². The molecule has 0 radical (unpaired) electrons. The number of carbonyl (C=O) groups excluding carboxylic acids is 5. The van der Waals surface area contributed by atoms with E-state index in [2.05, 4.69) is 10.3 Å². The molecule has 1 aromatic heterocycles. The van der Waals surface area contributed by atoms with Crippen LogP contribution in [0.3, 0.4) is 0 Å². The molecular weight excluding hydrogens is 430 g/mol. The number of H-pyrrole nitrogens is 1. The lowest BCUT2D eigenvalue weighted by atomic mass is 10.1. The maximum Gasteiger partial charge on any atom is 0.340 e. The van der Waals surface area contributed by atoms with Crippen molar-refractivity contribution < 1.29 is 33.4 Å². The average Bonchev–Trinajstić information content (AvgIpc) is 3.26. The Hall–Kier alpha value is -3.95. The van der Waals surface area contributed by atoms with Crippen LogP contribution in [0.25, 0.3) is 0 Å². The molecule has 174 valence electrons. The third-order valence-electron chi connectivity index (χ3n) is 5.28. The molecule has 0 bridgehead atoms. The minimum Gasteiger partial charge on any atom is -0.462 e. The summed E-state index contributed by atoms with van der Waals surface area (Å²) in [6, 6.07) is 5.74. The number of ketones is 1. The number of carbonyl (C=O) groups is 5. The monoisotopic (exact) mass is 455 g/mol. The van der Waals surface area contributed by atoms with E-state index in [-0.39, 0.29) is 36.9 Å². The Morgan fingerprint density at radius 3 is 2.33 bits per heavy atom. The average molecular weight is 455 g/mol. The summed E-state index contributed by atoms with van der Waals surface area (Å²) in [7, 11) is 0. The molecule has 1 aliphatic rings. The molecule has 1 fully saturated rings. The van der Waals surface area contributed by atoms with Gasteiger partial charge in [-0.15, -0.1) is 0 Å². The summed E-state index contributed by atoms with van der Waals surface area (Å²) in [6.45, 7) is 6.69. The minimum atomic E-state index is -1.10. The van der Waals surface area contributed by atoms with Gasteiger partial charge in [0.15, 0.2) is 6.10 Å². The SMILES string of the molecule is CCOC(=O)c1c(C)[nH]c(C(=O)[C@H](C)OC(=O)c2ccc(CN3C(=O)CNC3=O)cc2)c1C. The fourth-order valence-corrected chi connectivity index (χ4v) is 3.54. The Balaban J connectivity index is 1.66. The second-order valence-electron chi connectivity index (χ2n) is 7.59. The maximum absolute atomic E-state index is 12.9. The molecule has 1 aliphatic heterocycles. The zero-order chi connectivity index (χ0) is 24.3. The van der Waals surface area contributed by atoms with Gasteiger partial charge in [0.05, 0.1) is 36.5 Å². The summed E-state index contributed by atoms with van der Waals surface area (Å²) in [5, 5.41) is 2.44. The van der Waals surface area contributed by atoms with Crippen LogP contribution in [-0.4, -0.2) is 58.8 Å². The fraction of sp³-hybridized carbons (Fsp3) is 0.348. The third-order valence-corrected chi connectivity index (χ3v) is 5.28. The van der Waals surface area contributed by atoms with Gasteiger partial charge in [-0.2, -0.15) is 0 Å². The summed E-state index contributed by atoms with van der Waals surface area (Å²) >= 11 is 0. The van der Waals surface area contributed by atoms with Gasteiger partial charge < -0.3 is 19.8 Å². The summed E-state index contributed by atoms with van der Waals surface area (Å²) in [5.41, 5.74) is 2.27. The summed E-state index contributed by atoms with van der Waals surface area (Å²) < 4.78 is 10.3. The van der Waals surface area contributed by atoms with Gasteiger partial charge in [-0.25, -0.2) is 14.4 Å². The molecule has 0 saturated carbocycles. The molecule has 1 aromatic carbocycles. The van der Waals surface area contributed by atoms with Crippen LogP contribution >= 0.6 is 0 Å². The van der Waals surface area contributed by atoms with Crippen molar-refractivity contribution in [3.05, 3.63) is 57.9 Å². The molecule has 2 heterocycles. The quantitative estimate of drug-likeness (QED) is 0.354. The number of Topliss-reactive ketones (excluding diaryl/α,β-unsaturated/α-hetero) is 1. The molecule has 0 aliphatic carbocycles. The predicted octanol–water partition coefficient (Wildman–Crippen LogP) is 2.29. The van der Waals surface area contributed by atoms with Crippen LogP contribution in [0.1, 0.15) is 61.9 Å². The molecule has 2 N–H and O–H groups in total. The number of ether oxygens (including phenoxy) is 2. The molecule has 3 rings (SSSR count). The third kappa shape index (κ3) is 4.94. The van der Waals surface area contributed by atoms with E-state index in [1.54, 1.807) is 32.9 Å². The van der Waals surface area contributed by atoms with Gasteiger partial charge in [-0.3, -0.25) is 14.5 Å². The molecule has 1 saturated heterocycles. The highest BCUT2D eigenvalue weighted by atomic mass is 16.5. The second-order valence-corrected chi connectivity index (χ2v) is 7.59. The van der Waals surface area contributed by atoms with Gasteiger partial charge in [0, 0.05) is 5.69 Å². The summed E-state index contributed by atoms with van der Waals surface area (Å²) in [5.74, 6) is -2.03. The van der Waals surface area contributed by atoms with Crippen LogP contribution in [0.4, 0.5) is 4.79 Å². The minimum absolute atomic E-state index is 0.0315. The number of amides is 3. The van der Waals surface area contributed by atoms with E-state index in [9.17, 15) is 24.0 Å². The van der Waals surface area contributed by atoms with Gasteiger partial charge in [0.1, 0.15) is 0 Å². The Morgan fingerprint density at radius 2 is 1.76 bits per heavy atom. The van der Waals surface area contributed by atoms with Gasteiger partial charge in [-0.05, 0) is 51.0 Å². The van der Waals surface area contributed by atoms with Crippen LogP contribution in [0.15, 0.2) is 24.3 Å². The second kappa shape index (κ2) is 9.68. The highest BCUT2D eigenvalue weighted by Gasteiger charge is 2.29. The van der Waals surface area contributed by atoms with Gasteiger partial charge in [-0.1, -0.05) is 12.1 Å². The number of urea groups is 1. The zero-order valence-corrected chi connectivity index (χ0v) is 18.8. The molecule has 10 heteroatoms. The van der Waals surface area contributed by atoms with E-state index < -0.39 is 29.9 Å². The molecule has 0 spiro atoms. The lowest BCUT2D eigenvalue weighted by Crippen LogP contribution is -2.30. The van der Waals surface area contributed by atoms with Gasteiger partial charge >= 0.3 is 18.0 Å². The van der Waals surface area contributed by atoms with Crippen molar-refractivity contribution in [3.8, 4) is 0 Å². The molecule has 0 unspecified atom stereocenters. The largest absolute Gasteiger partial charge is 0.462 e. The Morgan fingerprint density at radius 1 is 1.09 bits per heavy atom. The molecule has 33 heavy (non-hydrogen) atoms. The Labute approximate surface area is 190 Å². The lowest BCUT2D eigenvalue weighted by Gasteiger charge is -2.14. The first-order valence-electron chi connectivity index (χ1n) is 10.4. The van der Waals surface area contributed by atoms with E-state index in [0.29, 0.717) is 22.4 Å². The number of rotatable bonds is 8. The highest BCUT2D eigenvalue weighted by molar-refractivity contribution is 6.04. The summed E-state index contributed by atoms with van der Waals surface area (Å²) in [6.07, 6.45) is -1.10. The molecular formula is C23H25N3O7. The Bertz CT molecular complexity index is 1100. The van der Waals surface area contributed by atoms with Gasteiger partial charge in [0.25, 0.3) is 0 Å². The topological polar surface area (TPSA) is 135 Å². The van der Waals surface area contributed by atoms with Crippen LogP contribution in [0.2, 0.25) is 0 Å². The maximum atomic E-state index is 12.9. The Kier molecular flexibility index (Phi) is 6.95. The number of esters is 2. The number of aryl methyl sites for hydroxylation is 1. The standard InChI is InChI=1S/C23H25N3O7/c1-5-32-22(30)18-12(2)19(25-13(18)3)20(28)14(4)33-21(29)16-8-6-15(7-9-16)11-26-17(27)10-24-23(26)31/h6-9,14,25H,5,10-11H2,1-4H3,(H,24,31)/t14-/m0/s1. The number of hydrogen-bond donors (Lipinski definition) is 2. The van der Waals surface area contributed by atoms with Crippen molar-refractivity contribution in [1.82, 2.24) is 15.2 Å². The lowest BCUT2D eigenvalue weighted by molar-refractivity contribution is -0.125. The van der Waals surface area contributed by atoms with E-state index in [4.69, 9.17) is 9.47 Å². The van der Waals surface area contributed by atoms with E-state index in [0.717, 1.165) is 4.90 Å². The van der Waals surface area contributed by atoms with Crippen LogP contribution in [-0.2, 0) is 20.8 Å².